The van der Waals surface area contributed by atoms with Crippen molar-refractivity contribution in [1.29, 1.82) is 0 Å². The molecule has 0 saturated heterocycles. The maximum Gasteiger partial charge on any atom is -0.0298 e. The van der Waals surface area contributed by atoms with Gasteiger partial charge in [-0.3, -0.25) is 0 Å². The van der Waals surface area contributed by atoms with Crippen molar-refractivity contribution < 1.29 is 0 Å². The molecule has 2 saturated carbocycles. The summed E-state index contributed by atoms with van der Waals surface area (Å²) in [4.78, 5) is 0. The number of hydrogen-bond donors (Lipinski definition) is 0. The molecule has 0 heterocycles. The van der Waals surface area contributed by atoms with E-state index in [0.29, 0.717) is 5.41 Å². The standard InChI is InChI=1S/C18H34/c1-18(17-13-9-10-14-17)15-11-7-5-3-2-4-6-8-12-16-18/h17H,2-16H2,1H3. The highest BCUT2D eigenvalue weighted by atomic mass is 14.4. The zero-order valence-corrected chi connectivity index (χ0v) is 12.7. The quantitative estimate of drug-likeness (QED) is 0.499. The summed E-state index contributed by atoms with van der Waals surface area (Å²) in [5, 5.41) is 0. The molecule has 106 valence electrons. The molecule has 2 fully saturated rings. The first kappa shape index (κ1) is 14.4. The van der Waals surface area contributed by atoms with E-state index in [9.17, 15) is 0 Å². The van der Waals surface area contributed by atoms with Crippen LogP contribution in [0.5, 0.6) is 0 Å². The lowest BCUT2D eigenvalue weighted by Crippen LogP contribution is -2.25. The van der Waals surface area contributed by atoms with Crippen LogP contribution in [0.15, 0.2) is 0 Å². The molecule has 0 radical (unpaired) electrons. The Balaban J connectivity index is 1.87. The van der Waals surface area contributed by atoms with Crippen molar-refractivity contribution in [3.8, 4) is 0 Å². The Bertz CT molecular complexity index is 200. The molecule has 0 aliphatic heterocycles. The van der Waals surface area contributed by atoms with Gasteiger partial charge in [-0.05, 0) is 37.0 Å². The molecule has 2 aliphatic carbocycles. The SMILES string of the molecule is CC1(C2CCCC2)CCCCCCCCCCC1. The fraction of sp³-hybridized carbons (Fsp3) is 1.00. The van der Waals surface area contributed by atoms with Gasteiger partial charge in [0.15, 0.2) is 0 Å². The Morgan fingerprint density at radius 3 is 1.39 bits per heavy atom. The third-order valence-electron chi connectivity index (χ3n) is 5.84. The van der Waals surface area contributed by atoms with E-state index in [2.05, 4.69) is 6.92 Å². The van der Waals surface area contributed by atoms with E-state index >= 15 is 0 Å². The maximum atomic E-state index is 2.63. The van der Waals surface area contributed by atoms with Gasteiger partial charge in [0, 0.05) is 0 Å². The lowest BCUT2D eigenvalue weighted by atomic mass is 9.69. The third kappa shape index (κ3) is 4.28. The monoisotopic (exact) mass is 250 g/mol. The van der Waals surface area contributed by atoms with Crippen LogP contribution in [0.4, 0.5) is 0 Å². The van der Waals surface area contributed by atoms with Gasteiger partial charge in [0.25, 0.3) is 0 Å². The minimum Gasteiger partial charge on any atom is -0.0594 e. The van der Waals surface area contributed by atoms with Crippen molar-refractivity contribution in [2.75, 3.05) is 0 Å². The minimum absolute atomic E-state index is 0.704. The van der Waals surface area contributed by atoms with Crippen molar-refractivity contribution in [3.05, 3.63) is 0 Å². The Kier molecular flexibility index (Phi) is 6.05. The van der Waals surface area contributed by atoms with Gasteiger partial charge >= 0.3 is 0 Å². The van der Waals surface area contributed by atoms with Gasteiger partial charge in [-0.15, -0.1) is 0 Å². The summed E-state index contributed by atoms with van der Waals surface area (Å²) < 4.78 is 0. The first-order chi connectivity index (χ1) is 8.81. The average Bonchev–Trinajstić information content (AvgIpc) is 2.88. The van der Waals surface area contributed by atoms with Crippen molar-refractivity contribution in [1.82, 2.24) is 0 Å². The molecule has 0 aromatic carbocycles. The van der Waals surface area contributed by atoms with Crippen molar-refractivity contribution >= 4 is 0 Å². The highest BCUT2D eigenvalue weighted by Gasteiger charge is 2.34. The maximum absolute atomic E-state index is 2.63. The molecule has 0 aromatic heterocycles. The molecule has 0 nitrogen and oxygen atoms in total. The molecular formula is C18H34. The average molecular weight is 250 g/mol. The van der Waals surface area contributed by atoms with E-state index in [1.165, 1.54) is 96.3 Å². The Morgan fingerprint density at radius 1 is 0.556 bits per heavy atom. The first-order valence-corrected chi connectivity index (χ1v) is 8.81. The van der Waals surface area contributed by atoms with E-state index in [-0.39, 0.29) is 0 Å². The first-order valence-electron chi connectivity index (χ1n) is 8.81. The topological polar surface area (TPSA) is 0 Å². The zero-order chi connectivity index (χ0) is 12.7. The summed E-state index contributed by atoms with van der Waals surface area (Å²) in [6.45, 7) is 2.63. The van der Waals surface area contributed by atoms with Gasteiger partial charge in [0.05, 0.1) is 0 Å². The summed E-state index contributed by atoms with van der Waals surface area (Å²) in [6, 6.07) is 0. The van der Waals surface area contributed by atoms with Gasteiger partial charge in [0.2, 0.25) is 0 Å². The van der Waals surface area contributed by atoms with Crippen LogP contribution in [0.1, 0.15) is 103 Å². The summed E-state index contributed by atoms with van der Waals surface area (Å²) in [5.74, 6) is 1.07. The lowest BCUT2D eigenvalue weighted by molar-refractivity contribution is 0.144. The second-order valence-corrected chi connectivity index (χ2v) is 7.32. The van der Waals surface area contributed by atoms with E-state index in [4.69, 9.17) is 0 Å². The lowest BCUT2D eigenvalue weighted by Gasteiger charge is -2.36. The third-order valence-corrected chi connectivity index (χ3v) is 5.84. The van der Waals surface area contributed by atoms with Crippen LogP contribution in [-0.4, -0.2) is 0 Å². The number of hydrogen-bond acceptors (Lipinski definition) is 0. The van der Waals surface area contributed by atoms with Gasteiger partial charge in [0.1, 0.15) is 0 Å². The fourth-order valence-corrected chi connectivity index (χ4v) is 4.45. The van der Waals surface area contributed by atoms with Crippen molar-refractivity contribution in [2.24, 2.45) is 11.3 Å². The van der Waals surface area contributed by atoms with Gasteiger partial charge < -0.3 is 0 Å². The Hall–Kier alpha value is 0. The highest BCUT2D eigenvalue weighted by molar-refractivity contribution is 4.85. The molecule has 0 aromatic rings. The molecule has 0 spiro atoms. The second-order valence-electron chi connectivity index (χ2n) is 7.32. The van der Waals surface area contributed by atoms with E-state index in [0.717, 1.165) is 5.92 Å². The van der Waals surface area contributed by atoms with Crippen LogP contribution in [0, 0.1) is 11.3 Å². The minimum atomic E-state index is 0.704. The predicted octanol–water partition coefficient (Wildman–Crippen LogP) is 6.49. The highest BCUT2D eigenvalue weighted by Crippen LogP contribution is 2.46. The second kappa shape index (κ2) is 7.56. The van der Waals surface area contributed by atoms with Crippen molar-refractivity contribution in [2.45, 2.75) is 103 Å². The van der Waals surface area contributed by atoms with Crippen LogP contribution >= 0.6 is 0 Å². The smallest absolute Gasteiger partial charge is 0.0298 e. The van der Waals surface area contributed by atoms with E-state index in [1.54, 1.807) is 0 Å². The molecule has 0 heteroatoms. The van der Waals surface area contributed by atoms with Crippen LogP contribution in [-0.2, 0) is 0 Å². The van der Waals surface area contributed by atoms with Gasteiger partial charge in [-0.2, -0.15) is 0 Å². The predicted molar refractivity (Wildman–Crippen MR) is 80.9 cm³/mol. The molecule has 2 rings (SSSR count). The van der Waals surface area contributed by atoms with E-state index < -0.39 is 0 Å². The summed E-state index contributed by atoms with van der Waals surface area (Å²) in [7, 11) is 0. The molecule has 0 bridgehead atoms. The number of rotatable bonds is 1. The Morgan fingerprint density at radius 2 is 0.944 bits per heavy atom. The molecule has 0 unspecified atom stereocenters. The molecule has 0 N–H and O–H groups in total. The molecule has 0 amide bonds. The van der Waals surface area contributed by atoms with Crippen LogP contribution in [0.3, 0.4) is 0 Å². The fourth-order valence-electron chi connectivity index (χ4n) is 4.45. The van der Waals surface area contributed by atoms with Crippen LogP contribution in [0.25, 0.3) is 0 Å². The largest absolute Gasteiger partial charge is 0.0594 e. The molecule has 0 atom stereocenters. The summed E-state index contributed by atoms with van der Waals surface area (Å²) >= 11 is 0. The molecular weight excluding hydrogens is 216 g/mol. The zero-order valence-electron chi connectivity index (χ0n) is 12.7. The van der Waals surface area contributed by atoms with Crippen LogP contribution in [0.2, 0.25) is 0 Å². The van der Waals surface area contributed by atoms with Crippen LogP contribution < -0.4 is 0 Å². The molecule has 18 heavy (non-hydrogen) atoms. The van der Waals surface area contributed by atoms with Crippen molar-refractivity contribution in [3.63, 3.8) is 0 Å². The summed E-state index contributed by atoms with van der Waals surface area (Å²) in [6.07, 6.45) is 22.7. The Labute approximate surface area is 115 Å². The van der Waals surface area contributed by atoms with Gasteiger partial charge in [-0.25, -0.2) is 0 Å². The summed E-state index contributed by atoms with van der Waals surface area (Å²) in [5.41, 5.74) is 0.704. The molecule has 2 aliphatic rings. The normalized spacial score (nSPS) is 28.5. The van der Waals surface area contributed by atoms with Gasteiger partial charge in [-0.1, -0.05) is 77.6 Å². The van der Waals surface area contributed by atoms with E-state index in [1.807, 2.05) is 0 Å².